The van der Waals surface area contributed by atoms with Crippen molar-refractivity contribution in [2.45, 2.75) is 0 Å². The lowest BCUT2D eigenvalue weighted by Gasteiger charge is -2.11. The highest BCUT2D eigenvalue weighted by Gasteiger charge is 2.19. The molecular weight excluding hydrogens is 615 g/mol. The van der Waals surface area contributed by atoms with Gasteiger partial charge in [0.1, 0.15) is 0 Å². The Kier molecular flexibility index (Phi) is 9.62. The van der Waals surface area contributed by atoms with Crippen molar-refractivity contribution in [2.75, 3.05) is 0 Å². The molecule has 2 nitrogen and oxygen atoms in total. The summed E-state index contributed by atoms with van der Waals surface area (Å²) in [5, 5.41) is 0.404. The lowest BCUT2D eigenvalue weighted by molar-refractivity contribution is 0.513. The molecule has 234 valence electrons. The summed E-state index contributed by atoms with van der Waals surface area (Å²) in [6, 6.07) is 64.1. The molecule has 0 aliphatic carbocycles. The van der Waals surface area contributed by atoms with E-state index in [2.05, 4.69) is 164 Å². The van der Waals surface area contributed by atoms with E-state index in [1.807, 2.05) is 36.4 Å². The molecule has 1 N–H and O–H groups in total. The van der Waals surface area contributed by atoms with Crippen LogP contribution in [0.15, 0.2) is 188 Å². The molecule has 0 amide bonds. The first-order chi connectivity index (χ1) is 24.1. The Morgan fingerprint density at radius 2 is 0.694 bits per heavy atom. The summed E-state index contributed by atoms with van der Waals surface area (Å²) < 4.78 is 12.4. The van der Waals surface area contributed by atoms with Crippen LogP contribution in [0.2, 0.25) is 0 Å². The van der Waals surface area contributed by atoms with Crippen LogP contribution in [0.4, 0.5) is 0 Å². The average molecular weight is 650 g/mol. The summed E-state index contributed by atoms with van der Waals surface area (Å²) in [7, 11) is -2.52. The van der Waals surface area contributed by atoms with Crippen LogP contribution in [0.1, 0.15) is 33.4 Å². The van der Waals surface area contributed by atoms with Crippen molar-refractivity contribution in [1.82, 2.24) is 0 Å². The molecule has 0 saturated carbocycles. The Hall–Kier alpha value is -5.92. The minimum atomic E-state index is -2.52. The van der Waals surface area contributed by atoms with Crippen molar-refractivity contribution in [3.63, 3.8) is 0 Å². The molecule has 49 heavy (non-hydrogen) atoms. The molecule has 0 aliphatic heterocycles. The second-order valence-corrected chi connectivity index (χ2v) is 12.9. The van der Waals surface area contributed by atoms with E-state index in [-0.39, 0.29) is 0 Å². The van der Waals surface area contributed by atoms with E-state index in [9.17, 15) is 9.46 Å². The highest BCUT2D eigenvalue weighted by molar-refractivity contribution is 7.47. The fourth-order valence-electron chi connectivity index (χ4n) is 6.07. The molecule has 7 rings (SSSR count). The monoisotopic (exact) mass is 649 g/mol. The molecule has 3 heteroatoms. The number of benzene rings is 7. The van der Waals surface area contributed by atoms with Gasteiger partial charge in [0.05, 0.1) is 0 Å². The Morgan fingerprint density at radius 1 is 0.388 bits per heavy atom. The zero-order chi connectivity index (χ0) is 33.4. The number of hydrogen-bond acceptors (Lipinski definition) is 1. The van der Waals surface area contributed by atoms with Gasteiger partial charge in [-0.25, -0.2) is 0 Å². The predicted molar refractivity (Wildman–Crippen MR) is 206 cm³/mol. The first-order valence-corrected chi connectivity index (χ1v) is 17.5. The van der Waals surface area contributed by atoms with Crippen LogP contribution in [0.25, 0.3) is 45.6 Å². The Bertz CT molecular complexity index is 2000. The molecule has 1 unspecified atom stereocenters. The molecule has 0 heterocycles. The zero-order valence-corrected chi connectivity index (χ0v) is 27.7. The molecular formula is C46H34O2P+. The molecule has 1 atom stereocenters. The summed E-state index contributed by atoms with van der Waals surface area (Å²) in [6.45, 7) is 0. The molecule has 7 aromatic carbocycles. The van der Waals surface area contributed by atoms with E-state index >= 15 is 0 Å². The van der Waals surface area contributed by atoms with Gasteiger partial charge in [0.15, 0.2) is 0 Å². The second kappa shape index (κ2) is 14.9. The van der Waals surface area contributed by atoms with Crippen LogP contribution < -0.4 is 5.30 Å². The largest absolute Gasteiger partial charge is 0.546 e. The third kappa shape index (κ3) is 7.64. The van der Waals surface area contributed by atoms with Crippen molar-refractivity contribution in [2.24, 2.45) is 0 Å². The maximum absolute atomic E-state index is 12.4. The molecule has 0 fully saturated rings. The van der Waals surface area contributed by atoms with E-state index < -0.39 is 8.03 Å². The molecule has 0 aliphatic rings. The molecule has 0 spiro atoms. The van der Waals surface area contributed by atoms with Gasteiger partial charge in [0.25, 0.3) is 0 Å². The smallest absolute Gasteiger partial charge is 0.156 e. The van der Waals surface area contributed by atoms with Crippen LogP contribution in [0, 0.1) is 0 Å². The van der Waals surface area contributed by atoms with Crippen LogP contribution in [0.5, 0.6) is 0 Å². The van der Waals surface area contributed by atoms with Crippen molar-refractivity contribution < 1.29 is 9.46 Å². The molecule has 0 bridgehead atoms. The Balaban J connectivity index is 1.21. The Labute approximate surface area is 288 Å². The fraction of sp³-hybridized carbons (Fsp3) is 0. The van der Waals surface area contributed by atoms with E-state index in [4.69, 9.17) is 0 Å². The third-order valence-corrected chi connectivity index (χ3v) is 9.29. The van der Waals surface area contributed by atoms with E-state index in [0.29, 0.717) is 5.30 Å². The average Bonchev–Trinajstić information content (AvgIpc) is 3.17. The lowest BCUT2D eigenvalue weighted by atomic mass is 9.94. The summed E-state index contributed by atoms with van der Waals surface area (Å²) in [6.07, 6.45) is 4.41. The Morgan fingerprint density at radius 3 is 0.980 bits per heavy atom. The quantitative estimate of drug-likeness (QED) is 0.125. The summed E-state index contributed by atoms with van der Waals surface area (Å²) in [4.78, 5) is 10.2. The van der Waals surface area contributed by atoms with Crippen molar-refractivity contribution in [1.29, 1.82) is 0 Å². The first kappa shape index (κ1) is 31.7. The number of hydrogen-bond donors (Lipinski definition) is 1. The molecule has 0 saturated heterocycles. The first-order valence-electron chi connectivity index (χ1n) is 16.3. The van der Waals surface area contributed by atoms with Crippen molar-refractivity contribution in [3.8, 4) is 22.3 Å². The third-order valence-electron chi connectivity index (χ3n) is 8.59. The highest BCUT2D eigenvalue weighted by atomic mass is 31.1. The number of rotatable bonds is 9. The summed E-state index contributed by atoms with van der Waals surface area (Å²) >= 11 is 0. The standard InChI is InChI=1S/C46H33O2P/c47-49(48)44-32-42(36-25-21-34(22-26-36)29-45(38-13-5-1-6-14-38)39-15-7-2-8-16-39)31-43(33-44)37-27-23-35(24-28-37)30-46(40-17-9-3-10-18-40)41-19-11-4-12-20-41/h1-33H/p+1. The van der Waals surface area contributed by atoms with E-state index in [1.54, 1.807) is 0 Å². The molecule has 0 radical (unpaired) electrons. The van der Waals surface area contributed by atoms with Crippen LogP contribution >= 0.6 is 8.03 Å². The zero-order valence-electron chi connectivity index (χ0n) is 26.9. The van der Waals surface area contributed by atoms with Crippen LogP contribution in [-0.4, -0.2) is 4.89 Å². The summed E-state index contributed by atoms with van der Waals surface area (Å²) in [5.41, 5.74) is 12.8. The van der Waals surface area contributed by atoms with Gasteiger partial charge in [-0.3, -0.25) is 0 Å². The van der Waals surface area contributed by atoms with Crippen molar-refractivity contribution >= 4 is 36.6 Å². The minimum Gasteiger partial charge on any atom is -0.156 e. The van der Waals surface area contributed by atoms with Gasteiger partial charge in [0, 0.05) is 12.1 Å². The fourth-order valence-corrected chi connectivity index (χ4v) is 6.57. The highest BCUT2D eigenvalue weighted by Crippen LogP contribution is 2.32. The second-order valence-electron chi connectivity index (χ2n) is 11.9. The van der Waals surface area contributed by atoms with Gasteiger partial charge in [-0.15, -0.1) is 0 Å². The normalized spacial score (nSPS) is 11.0. The molecule has 7 aromatic rings. The summed E-state index contributed by atoms with van der Waals surface area (Å²) in [5.74, 6) is 0. The van der Waals surface area contributed by atoms with E-state index in [0.717, 1.165) is 66.8 Å². The topological polar surface area (TPSA) is 37.3 Å². The van der Waals surface area contributed by atoms with Gasteiger partial charge >= 0.3 is 8.03 Å². The lowest BCUT2D eigenvalue weighted by Crippen LogP contribution is -1.98. The van der Waals surface area contributed by atoms with Gasteiger partial charge in [0.2, 0.25) is 5.30 Å². The van der Waals surface area contributed by atoms with Crippen LogP contribution in [0.3, 0.4) is 0 Å². The maximum Gasteiger partial charge on any atom is 0.546 e. The van der Waals surface area contributed by atoms with Gasteiger partial charge in [-0.1, -0.05) is 170 Å². The van der Waals surface area contributed by atoms with Gasteiger partial charge < -0.3 is 0 Å². The maximum atomic E-state index is 12.4. The van der Waals surface area contributed by atoms with Gasteiger partial charge in [-0.2, -0.15) is 4.89 Å². The SMILES string of the molecule is O=[P+](O)c1cc(-c2ccc(C=C(c3ccccc3)c3ccccc3)cc2)cc(-c2ccc(C=C(c3ccccc3)c3ccccc3)cc2)c1. The van der Waals surface area contributed by atoms with Crippen LogP contribution in [-0.2, 0) is 4.57 Å². The van der Waals surface area contributed by atoms with Gasteiger partial charge in [-0.05, 0) is 89.6 Å². The molecule has 0 aromatic heterocycles. The predicted octanol–water partition coefficient (Wildman–Crippen LogP) is 11.6. The minimum absolute atomic E-state index is 0.404. The van der Waals surface area contributed by atoms with Crippen molar-refractivity contribution in [3.05, 3.63) is 221 Å². The van der Waals surface area contributed by atoms with E-state index in [1.165, 1.54) is 0 Å².